The first-order valence-electron chi connectivity index (χ1n) is 7.25. The van der Waals surface area contributed by atoms with Gasteiger partial charge in [0.1, 0.15) is 0 Å². The molecule has 24 heavy (non-hydrogen) atoms. The molecule has 1 atom stereocenters. The van der Waals surface area contributed by atoms with Crippen LogP contribution in [0.15, 0.2) is 53.0 Å². The number of hydrogen-bond acceptors (Lipinski definition) is 4. The van der Waals surface area contributed by atoms with Gasteiger partial charge in [0, 0.05) is 22.6 Å². The molecule has 5 nitrogen and oxygen atoms in total. The van der Waals surface area contributed by atoms with Gasteiger partial charge in [0.05, 0.1) is 5.56 Å². The van der Waals surface area contributed by atoms with Gasteiger partial charge >= 0.3 is 5.97 Å². The summed E-state index contributed by atoms with van der Waals surface area (Å²) in [6.45, 7) is 2.94. The minimum atomic E-state index is -0.895. The highest BCUT2D eigenvalue weighted by atomic mass is 79.9. The van der Waals surface area contributed by atoms with E-state index in [-0.39, 0.29) is 11.7 Å². The summed E-state index contributed by atoms with van der Waals surface area (Å²) in [4.78, 5) is 35.3. The first-order valence-corrected chi connectivity index (χ1v) is 8.04. The van der Waals surface area contributed by atoms with Gasteiger partial charge in [-0.3, -0.25) is 9.59 Å². The van der Waals surface area contributed by atoms with Gasteiger partial charge < -0.3 is 10.1 Å². The molecule has 0 aliphatic heterocycles. The Balaban J connectivity index is 2.01. The number of halogens is 1. The summed E-state index contributed by atoms with van der Waals surface area (Å²) in [6.07, 6.45) is -0.895. The number of hydrogen-bond donors (Lipinski definition) is 1. The number of anilines is 1. The largest absolute Gasteiger partial charge is 0.451 e. The van der Waals surface area contributed by atoms with Crippen LogP contribution in [-0.4, -0.2) is 23.8 Å². The third-order valence-corrected chi connectivity index (χ3v) is 3.75. The fraction of sp³-hybridized carbons (Fsp3) is 0.167. The lowest BCUT2D eigenvalue weighted by Crippen LogP contribution is -2.24. The highest BCUT2D eigenvalue weighted by Crippen LogP contribution is 2.15. The van der Waals surface area contributed by atoms with Crippen LogP contribution in [0.1, 0.15) is 34.6 Å². The maximum absolute atomic E-state index is 12.3. The van der Waals surface area contributed by atoms with E-state index in [0.29, 0.717) is 16.8 Å². The van der Waals surface area contributed by atoms with Crippen molar-refractivity contribution in [1.82, 2.24) is 0 Å². The van der Waals surface area contributed by atoms with Gasteiger partial charge in [0.25, 0.3) is 0 Å². The van der Waals surface area contributed by atoms with E-state index in [1.54, 1.807) is 36.4 Å². The van der Waals surface area contributed by atoms with Crippen LogP contribution in [0.25, 0.3) is 0 Å². The minimum Gasteiger partial charge on any atom is -0.451 e. The van der Waals surface area contributed by atoms with Crippen molar-refractivity contribution in [2.45, 2.75) is 20.0 Å². The Morgan fingerprint density at radius 2 is 1.50 bits per heavy atom. The molecule has 1 amide bonds. The smallest absolute Gasteiger partial charge is 0.338 e. The molecular weight excluding hydrogens is 374 g/mol. The summed E-state index contributed by atoms with van der Waals surface area (Å²) >= 11 is 3.30. The van der Waals surface area contributed by atoms with E-state index in [9.17, 15) is 14.4 Å². The molecule has 0 fully saturated rings. The molecule has 124 valence electrons. The van der Waals surface area contributed by atoms with Gasteiger partial charge in [-0.1, -0.05) is 28.1 Å². The van der Waals surface area contributed by atoms with E-state index in [2.05, 4.69) is 21.2 Å². The van der Waals surface area contributed by atoms with Crippen LogP contribution in [0, 0.1) is 0 Å². The summed E-state index contributed by atoms with van der Waals surface area (Å²) in [5.74, 6) is -1.06. The molecule has 6 heteroatoms. The summed E-state index contributed by atoms with van der Waals surface area (Å²) in [5.41, 5.74) is 1.36. The number of carbonyl (C=O) groups is 3. The summed E-state index contributed by atoms with van der Waals surface area (Å²) in [5, 5.41) is 2.61. The molecule has 0 aliphatic carbocycles. The van der Waals surface area contributed by atoms with Crippen LogP contribution in [0.3, 0.4) is 0 Å². The molecule has 2 rings (SSSR count). The standard InChI is InChI=1S/C18H16BrNO4/c1-11(17(22)13-3-7-15(19)8-4-13)24-18(23)14-5-9-16(10-6-14)20-12(2)21/h3-11H,1-2H3,(H,20,21)/t11-/m1/s1. The fourth-order valence-electron chi connectivity index (χ4n) is 2.02. The molecule has 0 heterocycles. The predicted molar refractivity (Wildman–Crippen MR) is 94.1 cm³/mol. The van der Waals surface area contributed by atoms with Gasteiger partial charge in [-0.15, -0.1) is 0 Å². The number of carbonyl (C=O) groups excluding carboxylic acids is 3. The second-order valence-corrected chi connectivity index (χ2v) is 6.09. The number of rotatable bonds is 5. The topological polar surface area (TPSA) is 72.5 Å². The van der Waals surface area contributed by atoms with Crippen LogP contribution in [0.5, 0.6) is 0 Å². The van der Waals surface area contributed by atoms with Crippen molar-refractivity contribution in [3.05, 3.63) is 64.1 Å². The third-order valence-electron chi connectivity index (χ3n) is 3.22. The zero-order valence-corrected chi connectivity index (χ0v) is 14.8. The molecule has 2 aromatic rings. The number of nitrogens with one attached hydrogen (secondary N) is 1. The zero-order chi connectivity index (χ0) is 17.7. The van der Waals surface area contributed by atoms with Crippen molar-refractivity contribution >= 4 is 39.3 Å². The average Bonchev–Trinajstić information content (AvgIpc) is 2.55. The minimum absolute atomic E-state index is 0.195. The summed E-state index contributed by atoms with van der Waals surface area (Å²) in [6, 6.07) is 13.1. The highest BCUT2D eigenvalue weighted by molar-refractivity contribution is 9.10. The molecule has 0 spiro atoms. The highest BCUT2D eigenvalue weighted by Gasteiger charge is 2.20. The van der Waals surface area contributed by atoms with Crippen molar-refractivity contribution in [2.24, 2.45) is 0 Å². The van der Waals surface area contributed by atoms with Gasteiger partial charge in [-0.2, -0.15) is 0 Å². The Bertz CT molecular complexity index is 754. The van der Waals surface area contributed by atoms with Crippen LogP contribution in [-0.2, 0) is 9.53 Å². The van der Waals surface area contributed by atoms with Crippen molar-refractivity contribution in [2.75, 3.05) is 5.32 Å². The molecule has 0 unspecified atom stereocenters. The van der Waals surface area contributed by atoms with Crippen LogP contribution in [0.4, 0.5) is 5.69 Å². The van der Waals surface area contributed by atoms with E-state index >= 15 is 0 Å². The number of ketones is 1. The Morgan fingerprint density at radius 3 is 2.04 bits per heavy atom. The van der Waals surface area contributed by atoms with Gasteiger partial charge in [0.2, 0.25) is 11.7 Å². The summed E-state index contributed by atoms with van der Waals surface area (Å²) < 4.78 is 6.08. The normalized spacial score (nSPS) is 11.5. The molecule has 0 saturated heterocycles. The van der Waals surface area contributed by atoms with Gasteiger partial charge in [0.15, 0.2) is 6.10 Å². The van der Waals surface area contributed by atoms with E-state index in [4.69, 9.17) is 4.74 Å². The monoisotopic (exact) mass is 389 g/mol. The second-order valence-electron chi connectivity index (χ2n) is 5.18. The number of amides is 1. The maximum atomic E-state index is 12.3. The fourth-order valence-corrected chi connectivity index (χ4v) is 2.29. The number of ether oxygens (including phenoxy) is 1. The first-order chi connectivity index (χ1) is 11.4. The molecular formula is C18H16BrNO4. The number of Topliss-reactive ketones (excluding diaryl/α,β-unsaturated/α-hetero) is 1. The van der Waals surface area contributed by atoms with Gasteiger partial charge in [-0.05, 0) is 43.3 Å². The molecule has 0 saturated carbocycles. The Hall–Kier alpha value is -2.47. The molecule has 0 bridgehead atoms. The van der Waals surface area contributed by atoms with Crippen molar-refractivity contribution < 1.29 is 19.1 Å². The Kier molecular flexibility index (Phi) is 5.87. The number of esters is 1. The Labute approximate surface area is 148 Å². The average molecular weight is 390 g/mol. The molecule has 0 aromatic heterocycles. The molecule has 0 radical (unpaired) electrons. The summed E-state index contributed by atoms with van der Waals surface area (Å²) in [7, 11) is 0. The van der Waals surface area contributed by atoms with E-state index < -0.39 is 12.1 Å². The SMILES string of the molecule is CC(=O)Nc1ccc(C(=O)O[C@H](C)C(=O)c2ccc(Br)cc2)cc1. The van der Waals surface area contributed by atoms with Crippen molar-refractivity contribution in [1.29, 1.82) is 0 Å². The third kappa shape index (κ3) is 4.76. The van der Waals surface area contributed by atoms with Gasteiger partial charge in [-0.25, -0.2) is 4.79 Å². The van der Waals surface area contributed by atoms with E-state index in [1.165, 1.54) is 26.0 Å². The lowest BCUT2D eigenvalue weighted by molar-refractivity contribution is -0.114. The molecule has 0 aliphatic rings. The maximum Gasteiger partial charge on any atom is 0.338 e. The van der Waals surface area contributed by atoms with Crippen LogP contribution >= 0.6 is 15.9 Å². The molecule has 1 N–H and O–H groups in total. The molecule has 2 aromatic carbocycles. The predicted octanol–water partition coefficient (Wildman–Crippen LogP) is 3.84. The lowest BCUT2D eigenvalue weighted by Gasteiger charge is -2.12. The lowest BCUT2D eigenvalue weighted by atomic mass is 10.1. The van der Waals surface area contributed by atoms with Crippen LogP contribution < -0.4 is 5.32 Å². The quantitative estimate of drug-likeness (QED) is 0.622. The Morgan fingerprint density at radius 1 is 0.958 bits per heavy atom. The first kappa shape index (κ1) is 17.9. The van der Waals surface area contributed by atoms with Crippen molar-refractivity contribution in [3.63, 3.8) is 0 Å². The zero-order valence-electron chi connectivity index (χ0n) is 13.2. The number of benzene rings is 2. The van der Waals surface area contributed by atoms with E-state index in [0.717, 1.165) is 4.47 Å². The van der Waals surface area contributed by atoms with E-state index in [1.807, 2.05) is 0 Å². The second kappa shape index (κ2) is 7.88. The van der Waals surface area contributed by atoms with Crippen molar-refractivity contribution in [3.8, 4) is 0 Å². The van der Waals surface area contributed by atoms with Crippen LogP contribution in [0.2, 0.25) is 0 Å².